The molecule has 4 rings (SSSR count). The van der Waals surface area contributed by atoms with Crippen molar-refractivity contribution < 1.29 is 31.5 Å². The van der Waals surface area contributed by atoms with Gasteiger partial charge in [-0.2, -0.15) is 18.2 Å². The van der Waals surface area contributed by atoms with Crippen molar-refractivity contribution in [3.63, 3.8) is 0 Å². The first kappa shape index (κ1) is 21.8. The number of rotatable bonds is 4. The third-order valence-corrected chi connectivity index (χ3v) is 4.84. The first-order valence-corrected chi connectivity index (χ1v) is 9.83. The molecule has 2 aromatic heterocycles. The maximum absolute atomic E-state index is 15.1. The Morgan fingerprint density at radius 2 is 2.03 bits per heavy atom. The summed E-state index contributed by atoms with van der Waals surface area (Å²) in [6.45, 7) is 3.58. The molecule has 3 aromatic rings. The number of carbonyl (C=O) groups is 1. The molecule has 0 saturated carbocycles. The zero-order valence-electron chi connectivity index (χ0n) is 16.9. The van der Waals surface area contributed by atoms with E-state index in [0.29, 0.717) is 38.3 Å². The standard InChI is InChI=1S/C20H19F4N5O3/c1-2-31-18-16(26-13-3-8-32-17(13)28-18)15-12(21)9-11(20(22,23)24)10-14(15)27-19(30)29-6-4-25-5-7-29/h3,8-10,25H,2,4-7H2,1H3,(H,27,30). The predicted octanol–water partition coefficient (Wildman–Crippen LogP) is 3.88. The zero-order valence-corrected chi connectivity index (χ0v) is 16.9. The van der Waals surface area contributed by atoms with Crippen molar-refractivity contribution in [2.24, 2.45) is 0 Å². The summed E-state index contributed by atoms with van der Waals surface area (Å²) in [5.74, 6) is -1.36. The van der Waals surface area contributed by atoms with E-state index in [-0.39, 0.29) is 40.7 Å². The summed E-state index contributed by atoms with van der Waals surface area (Å²) in [4.78, 5) is 22.6. The van der Waals surface area contributed by atoms with Crippen LogP contribution in [0.5, 0.6) is 5.88 Å². The summed E-state index contributed by atoms with van der Waals surface area (Å²) in [5.41, 5.74) is -1.77. The van der Waals surface area contributed by atoms with Crippen LogP contribution in [0.25, 0.3) is 22.5 Å². The Morgan fingerprint density at radius 1 is 1.28 bits per heavy atom. The lowest BCUT2D eigenvalue weighted by atomic mass is 10.0. The number of alkyl halides is 3. The maximum Gasteiger partial charge on any atom is 0.416 e. The second-order valence-electron chi connectivity index (χ2n) is 6.97. The van der Waals surface area contributed by atoms with Crippen molar-refractivity contribution in [1.82, 2.24) is 20.2 Å². The number of ether oxygens (including phenoxy) is 1. The van der Waals surface area contributed by atoms with Crippen LogP contribution in [0.3, 0.4) is 0 Å². The van der Waals surface area contributed by atoms with E-state index >= 15 is 4.39 Å². The molecule has 1 aromatic carbocycles. The van der Waals surface area contributed by atoms with Crippen molar-refractivity contribution in [3.05, 3.63) is 35.8 Å². The van der Waals surface area contributed by atoms with E-state index < -0.39 is 23.6 Å². The van der Waals surface area contributed by atoms with E-state index in [2.05, 4.69) is 20.6 Å². The van der Waals surface area contributed by atoms with E-state index in [1.807, 2.05) is 0 Å². The van der Waals surface area contributed by atoms with Crippen LogP contribution in [0.15, 0.2) is 28.9 Å². The number of furan rings is 1. The van der Waals surface area contributed by atoms with Crippen LogP contribution >= 0.6 is 0 Å². The molecule has 2 N–H and O–H groups in total. The van der Waals surface area contributed by atoms with Gasteiger partial charge in [0, 0.05) is 32.2 Å². The van der Waals surface area contributed by atoms with E-state index in [1.54, 1.807) is 6.92 Å². The molecule has 0 atom stereocenters. The van der Waals surface area contributed by atoms with Crippen LogP contribution in [0.1, 0.15) is 12.5 Å². The molecule has 0 unspecified atom stereocenters. The van der Waals surface area contributed by atoms with E-state index in [0.717, 1.165) is 0 Å². The van der Waals surface area contributed by atoms with E-state index in [9.17, 15) is 18.0 Å². The van der Waals surface area contributed by atoms with E-state index in [4.69, 9.17) is 9.15 Å². The number of carbonyl (C=O) groups excluding carboxylic acids is 1. The SMILES string of the molecule is CCOc1nc2occc2nc1-c1c(F)cc(C(F)(F)F)cc1NC(=O)N1CCNCC1. The number of amides is 2. The number of fused-ring (bicyclic) bond motifs is 1. The molecular formula is C20H19F4N5O3. The highest BCUT2D eigenvalue weighted by molar-refractivity contribution is 5.95. The van der Waals surface area contributed by atoms with Crippen molar-refractivity contribution in [1.29, 1.82) is 0 Å². The lowest BCUT2D eigenvalue weighted by molar-refractivity contribution is -0.137. The van der Waals surface area contributed by atoms with Gasteiger partial charge in [-0.05, 0) is 19.1 Å². The number of piperazine rings is 1. The number of hydrogen-bond acceptors (Lipinski definition) is 6. The number of hydrogen-bond donors (Lipinski definition) is 2. The van der Waals surface area contributed by atoms with Crippen LogP contribution in [0.2, 0.25) is 0 Å². The third kappa shape index (κ3) is 4.31. The van der Waals surface area contributed by atoms with Crippen LogP contribution < -0.4 is 15.4 Å². The number of nitrogens with zero attached hydrogens (tertiary/aromatic N) is 3. The molecule has 170 valence electrons. The zero-order chi connectivity index (χ0) is 22.9. The van der Waals surface area contributed by atoms with Crippen molar-refractivity contribution in [3.8, 4) is 17.1 Å². The predicted molar refractivity (Wildman–Crippen MR) is 107 cm³/mol. The summed E-state index contributed by atoms with van der Waals surface area (Å²) in [7, 11) is 0. The van der Waals surface area contributed by atoms with Gasteiger partial charge in [0.2, 0.25) is 11.6 Å². The largest absolute Gasteiger partial charge is 0.476 e. The minimum absolute atomic E-state index is 0.121. The van der Waals surface area contributed by atoms with Crippen molar-refractivity contribution >= 4 is 22.9 Å². The van der Waals surface area contributed by atoms with Gasteiger partial charge in [-0.1, -0.05) is 0 Å². The van der Waals surface area contributed by atoms with Gasteiger partial charge in [0.25, 0.3) is 0 Å². The van der Waals surface area contributed by atoms with Gasteiger partial charge in [-0.3, -0.25) is 0 Å². The summed E-state index contributed by atoms with van der Waals surface area (Å²) in [5, 5.41) is 5.49. The highest BCUT2D eigenvalue weighted by Crippen LogP contribution is 2.40. The Hall–Kier alpha value is -3.41. The topological polar surface area (TPSA) is 92.5 Å². The summed E-state index contributed by atoms with van der Waals surface area (Å²) >= 11 is 0. The molecule has 1 fully saturated rings. The Kier molecular flexibility index (Phi) is 5.87. The molecule has 3 heterocycles. The highest BCUT2D eigenvalue weighted by atomic mass is 19.4. The second kappa shape index (κ2) is 8.61. The minimum atomic E-state index is -4.82. The van der Waals surface area contributed by atoms with Crippen LogP contribution in [-0.4, -0.2) is 53.7 Å². The molecule has 12 heteroatoms. The Bertz CT molecular complexity index is 1140. The van der Waals surface area contributed by atoms with Gasteiger partial charge in [0.15, 0.2) is 0 Å². The fraction of sp³-hybridized carbons (Fsp3) is 0.350. The molecule has 1 saturated heterocycles. The molecule has 8 nitrogen and oxygen atoms in total. The summed E-state index contributed by atoms with van der Waals surface area (Å²) in [6.07, 6.45) is -3.50. The number of urea groups is 1. The van der Waals surface area contributed by atoms with Crippen LogP contribution in [-0.2, 0) is 6.18 Å². The molecule has 32 heavy (non-hydrogen) atoms. The Morgan fingerprint density at radius 3 is 2.72 bits per heavy atom. The van der Waals surface area contributed by atoms with Gasteiger partial charge < -0.3 is 24.7 Å². The number of aromatic nitrogens is 2. The maximum atomic E-state index is 15.1. The number of halogens is 4. The molecule has 1 aliphatic heterocycles. The number of benzene rings is 1. The van der Waals surface area contributed by atoms with Crippen molar-refractivity contribution in [2.45, 2.75) is 13.1 Å². The quantitative estimate of drug-likeness (QED) is 0.583. The van der Waals surface area contributed by atoms with Gasteiger partial charge in [-0.15, -0.1) is 0 Å². The normalized spacial score (nSPS) is 14.6. The Balaban J connectivity index is 1.86. The smallest absolute Gasteiger partial charge is 0.416 e. The van der Waals surface area contributed by atoms with Gasteiger partial charge in [0.1, 0.15) is 17.0 Å². The van der Waals surface area contributed by atoms with Gasteiger partial charge in [-0.25, -0.2) is 14.2 Å². The minimum Gasteiger partial charge on any atom is -0.476 e. The number of nitrogens with one attached hydrogen (secondary N) is 2. The monoisotopic (exact) mass is 453 g/mol. The average Bonchev–Trinajstić information content (AvgIpc) is 3.21. The molecule has 0 spiro atoms. The highest BCUT2D eigenvalue weighted by Gasteiger charge is 2.34. The fourth-order valence-corrected chi connectivity index (χ4v) is 3.35. The molecule has 1 aliphatic rings. The third-order valence-electron chi connectivity index (χ3n) is 4.84. The number of anilines is 1. The molecular weight excluding hydrogens is 434 g/mol. The van der Waals surface area contributed by atoms with E-state index in [1.165, 1.54) is 17.2 Å². The lowest BCUT2D eigenvalue weighted by Gasteiger charge is -2.28. The Labute approximate surface area is 179 Å². The second-order valence-corrected chi connectivity index (χ2v) is 6.97. The van der Waals surface area contributed by atoms with Crippen LogP contribution in [0.4, 0.5) is 28.0 Å². The molecule has 0 bridgehead atoms. The first-order chi connectivity index (χ1) is 15.3. The fourth-order valence-electron chi connectivity index (χ4n) is 3.35. The molecule has 0 aliphatic carbocycles. The summed E-state index contributed by atoms with van der Waals surface area (Å²) < 4.78 is 65.9. The van der Waals surface area contributed by atoms with Crippen LogP contribution in [0, 0.1) is 5.82 Å². The first-order valence-electron chi connectivity index (χ1n) is 9.83. The molecule has 0 radical (unpaired) electrons. The van der Waals surface area contributed by atoms with Gasteiger partial charge in [0.05, 0.1) is 29.7 Å². The van der Waals surface area contributed by atoms with Crippen molar-refractivity contribution in [2.75, 3.05) is 38.1 Å². The average molecular weight is 453 g/mol. The molecule has 2 amide bonds. The lowest BCUT2D eigenvalue weighted by Crippen LogP contribution is -2.48. The van der Waals surface area contributed by atoms with Gasteiger partial charge >= 0.3 is 12.2 Å². The summed E-state index contributed by atoms with van der Waals surface area (Å²) in [6, 6.07) is 1.85.